The Morgan fingerprint density at radius 3 is 2.58 bits per heavy atom. The van der Waals surface area contributed by atoms with Gasteiger partial charge in [-0.1, -0.05) is 0 Å². The molecule has 122 valence electrons. The van der Waals surface area contributed by atoms with Crippen molar-refractivity contribution in [3.8, 4) is 11.7 Å². The second kappa shape index (κ2) is 6.24. The molecule has 3 N–H and O–H groups in total. The SMILES string of the molecule is NC(=O)Nc1ccc(C(=O)Cn2nc(-c3ccco3)oc2=O)cc1. The number of carbonyl (C=O) groups excluding carboxylic acids is 2. The summed E-state index contributed by atoms with van der Waals surface area (Å²) in [6.45, 7) is -0.286. The largest absolute Gasteiger partial charge is 0.459 e. The maximum absolute atomic E-state index is 12.2. The summed E-state index contributed by atoms with van der Waals surface area (Å²) in [5.41, 5.74) is 5.81. The van der Waals surface area contributed by atoms with E-state index in [4.69, 9.17) is 14.6 Å². The van der Waals surface area contributed by atoms with Gasteiger partial charge in [-0.25, -0.2) is 9.59 Å². The van der Waals surface area contributed by atoms with Gasteiger partial charge in [-0.15, -0.1) is 5.10 Å². The van der Waals surface area contributed by atoms with Gasteiger partial charge >= 0.3 is 11.8 Å². The first-order valence-corrected chi connectivity index (χ1v) is 6.84. The zero-order valence-electron chi connectivity index (χ0n) is 12.3. The van der Waals surface area contributed by atoms with Gasteiger partial charge in [0.2, 0.25) is 0 Å². The van der Waals surface area contributed by atoms with Crippen LogP contribution in [0.3, 0.4) is 0 Å². The van der Waals surface area contributed by atoms with Gasteiger partial charge in [0.1, 0.15) is 6.54 Å². The average Bonchev–Trinajstić information content (AvgIpc) is 3.18. The number of Topliss-reactive ketones (excluding diaryl/α,β-unsaturated/α-hetero) is 1. The van der Waals surface area contributed by atoms with Gasteiger partial charge in [-0.2, -0.15) is 4.68 Å². The van der Waals surface area contributed by atoms with E-state index >= 15 is 0 Å². The van der Waals surface area contributed by atoms with Crippen LogP contribution >= 0.6 is 0 Å². The number of carbonyl (C=O) groups is 2. The van der Waals surface area contributed by atoms with Crippen LogP contribution in [0, 0.1) is 0 Å². The number of nitrogens with two attached hydrogens (primary N) is 1. The van der Waals surface area contributed by atoms with E-state index in [-0.39, 0.29) is 18.2 Å². The minimum atomic E-state index is -0.762. The van der Waals surface area contributed by atoms with Gasteiger partial charge in [0, 0.05) is 11.3 Å². The molecule has 2 heterocycles. The molecule has 24 heavy (non-hydrogen) atoms. The van der Waals surface area contributed by atoms with Crippen LogP contribution in [-0.4, -0.2) is 21.6 Å². The fraction of sp³-hybridized carbons (Fsp3) is 0.0667. The highest BCUT2D eigenvalue weighted by Gasteiger charge is 2.15. The number of primary amides is 1. The number of benzene rings is 1. The molecule has 2 amide bonds. The Bertz CT molecular complexity index is 922. The molecule has 0 fully saturated rings. The van der Waals surface area contributed by atoms with Crippen molar-refractivity contribution in [3.63, 3.8) is 0 Å². The Balaban J connectivity index is 1.75. The van der Waals surface area contributed by atoms with Crippen LogP contribution in [0.1, 0.15) is 10.4 Å². The Labute approximate surface area is 134 Å². The number of nitrogens with zero attached hydrogens (tertiary/aromatic N) is 2. The molecule has 3 aromatic rings. The van der Waals surface area contributed by atoms with Gasteiger partial charge in [0.15, 0.2) is 11.5 Å². The monoisotopic (exact) mass is 328 g/mol. The highest BCUT2D eigenvalue weighted by molar-refractivity contribution is 5.96. The normalized spacial score (nSPS) is 10.5. The summed E-state index contributed by atoms with van der Waals surface area (Å²) in [6.07, 6.45) is 1.42. The molecule has 0 radical (unpaired) electrons. The maximum Gasteiger partial charge on any atom is 0.437 e. The summed E-state index contributed by atoms with van der Waals surface area (Å²) in [6, 6.07) is 8.57. The van der Waals surface area contributed by atoms with Crippen LogP contribution < -0.4 is 16.8 Å². The van der Waals surface area contributed by atoms with Gasteiger partial charge < -0.3 is 19.9 Å². The number of hydrogen-bond acceptors (Lipinski definition) is 6. The van der Waals surface area contributed by atoms with Crippen molar-refractivity contribution in [3.05, 3.63) is 58.8 Å². The van der Waals surface area contributed by atoms with Crippen molar-refractivity contribution < 1.29 is 18.4 Å². The third-order valence-electron chi connectivity index (χ3n) is 3.11. The Morgan fingerprint density at radius 2 is 1.96 bits per heavy atom. The molecule has 0 saturated carbocycles. The fourth-order valence-electron chi connectivity index (χ4n) is 2.02. The van der Waals surface area contributed by atoms with Crippen molar-refractivity contribution in [2.24, 2.45) is 5.73 Å². The molecule has 1 aromatic carbocycles. The van der Waals surface area contributed by atoms with E-state index in [1.807, 2.05) is 0 Å². The number of ketones is 1. The lowest BCUT2D eigenvalue weighted by Gasteiger charge is -2.03. The topological polar surface area (TPSA) is 133 Å². The second-order valence-corrected chi connectivity index (χ2v) is 4.80. The standard InChI is InChI=1S/C15H12N4O5/c16-14(21)17-10-5-3-9(4-6-10)11(20)8-19-15(22)24-13(18-19)12-2-1-7-23-12/h1-7H,8H2,(H3,16,17,21). The first-order valence-electron chi connectivity index (χ1n) is 6.84. The number of furan rings is 1. The Morgan fingerprint density at radius 1 is 1.21 bits per heavy atom. The number of amides is 2. The van der Waals surface area contributed by atoms with Crippen LogP contribution in [0.25, 0.3) is 11.7 Å². The first-order chi connectivity index (χ1) is 11.5. The Kier molecular flexibility index (Phi) is 3.98. The molecule has 9 nitrogen and oxygen atoms in total. The van der Waals surface area contributed by atoms with Crippen LogP contribution in [0.5, 0.6) is 0 Å². The van der Waals surface area contributed by atoms with E-state index in [0.717, 1.165) is 4.68 Å². The molecule has 2 aromatic heterocycles. The second-order valence-electron chi connectivity index (χ2n) is 4.80. The third kappa shape index (κ3) is 3.24. The summed E-state index contributed by atoms with van der Waals surface area (Å²) in [5, 5.41) is 6.31. The molecular weight excluding hydrogens is 316 g/mol. The lowest BCUT2D eigenvalue weighted by molar-refractivity contribution is 0.0965. The maximum atomic E-state index is 12.2. The van der Waals surface area contributed by atoms with E-state index in [1.165, 1.54) is 30.5 Å². The number of anilines is 1. The molecule has 0 aliphatic rings. The summed E-state index contributed by atoms with van der Waals surface area (Å²) in [7, 11) is 0. The molecule has 9 heteroatoms. The lowest BCUT2D eigenvalue weighted by atomic mass is 10.1. The van der Waals surface area contributed by atoms with Crippen LogP contribution in [0.4, 0.5) is 10.5 Å². The van der Waals surface area contributed by atoms with Crippen LogP contribution in [-0.2, 0) is 6.54 Å². The summed E-state index contributed by atoms with van der Waals surface area (Å²) in [4.78, 5) is 34.7. The van der Waals surface area contributed by atoms with Gasteiger partial charge in [0.05, 0.1) is 6.26 Å². The number of nitrogens with one attached hydrogen (secondary N) is 1. The van der Waals surface area contributed by atoms with Gasteiger partial charge in [0.25, 0.3) is 5.89 Å². The Hall–Kier alpha value is -3.62. The molecule has 0 atom stereocenters. The lowest BCUT2D eigenvalue weighted by Crippen LogP contribution is -2.22. The molecule has 0 bridgehead atoms. The molecule has 0 spiro atoms. The van der Waals surface area contributed by atoms with Crippen LogP contribution in [0.2, 0.25) is 0 Å². The minimum absolute atomic E-state index is 0.00111. The van der Waals surface area contributed by atoms with E-state index in [1.54, 1.807) is 12.1 Å². The molecule has 0 saturated heterocycles. The summed E-state index contributed by atoms with van der Waals surface area (Å²) >= 11 is 0. The number of hydrogen-bond donors (Lipinski definition) is 2. The smallest absolute Gasteiger partial charge is 0.437 e. The predicted molar refractivity (Wildman–Crippen MR) is 82.4 cm³/mol. The molecule has 0 aliphatic carbocycles. The van der Waals surface area contributed by atoms with E-state index in [0.29, 0.717) is 17.0 Å². The zero-order chi connectivity index (χ0) is 17.1. The average molecular weight is 328 g/mol. The van der Waals surface area contributed by atoms with Crippen molar-refractivity contribution in [2.45, 2.75) is 6.54 Å². The van der Waals surface area contributed by atoms with Crippen molar-refractivity contribution >= 4 is 17.5 Å². The number of aromatic nitrogens is 2. The predicted octanol–water partition coefficient (Wildman–Crippen LogP) is 1.47. The third-order valence-corrected chi connectivity index (χ3v) is 3.11. The fourth-order valence-corrected chi connectivity index (χ4v) is 2.02. The highest BCUT2D eigenvalue weighted by Crippen LogP contribution is 2.15. The van der Waals surface area contributed by atoms with Crippen molar-refractivity contribution in [1.82, 2.24) is 9.78 Å². The summed E-state index contributed by atoms with van der Waals surface area (Å²) < 4.78 is 10.9. The minimum Gasteiger partial charge on any atom is -0.459 e. The van der Waals surface area contributed by atoms with Crippen molar-refractivity contribution in [1.29, 1.82) is 0 Å². The highest BCUT2D eigenvalue weighted by atomic mass is 16.4. The van der Waals surface area contributed by atoms with Gasteiger partial charge in [-0.3, -0.25) is 4.79 Å². The number of urea groups is 1. The van der Waals surface area contributed by atoms with E-state index in [2.05, 4.69) is 10.4 Å². The van der Waals surface area contributed by atoms with Gasteiger partial charge in [-0.05, 0) is 36.4 Å². The molecule has 0 aliphatic heterocycles. The quantitative estimate of drug-likeness (QED) is 0.681. The van der Waals surface area contributed by atoms with E-state index in [9.17, 15) is 14.4 Å². The number of rotatable bonds is 5. The zero-order valence-corrected chi connectivity index (χ0v) is 12.3. The molecular formula is C15H12N4O5. The summed E-state index contributed by atoms with van der Waals surface area (Å²) in [5.74, 6) is -0.817. The molecule has 3 rings (SSSR count). The van der Waals surface area contributed by atoms with E-state index < -0.39 is 11.8 Å². The van der Waals surface area contributed by atoms with Crippen LogP contribution in [0.15, 0.2) is 56.3 Å². The first kappa shape index (κ1) is 15.3. The molecule has 0 unspecified atom stereocenters. The van der Waals surface area contributed by atoms with Crippen molar-refractivity contribution in [2.75, 3.05) is 5.32 Å².